The fraction of sp³-hybridized carbons (Fsp3) is 0.632. The molecule has 0 amide bonds. The Hall–Kier alpha value is -1.62. The van der Waals surface area contributed by atoms with E-state index in [1.54, 1.807) is 12.1 Å². The molecule has 132 valence electrons. The van der Waals surface area contributed by atoms with Gasteiger partial charge in [-0.1, -0.05) is 12.1 Å². The highest BCUT2D eigenvalue weighted by Gasteiger charge is 2.42. The summed E-state index contributed by atoms with van der Waals surface area (Å²) < 4.78 is 18.8. The summed E-state index contributed by atoms with van der Waals surface area (Å²) in [5, 5.41) is 3.41. The Balaban J connectivity index is 1.52. The number of aliphatic imine (C=N–C) groups is 1. The molecule has 3 rings (SSSR count). The average molecular weight is 333 g/mol. The fourth-order valence-corrected chi connectivity index (χ4v) is 3.67. The molecule has 1 atom stereocenters. The lowest BCUT2D eigenvalue weighted by Gasteiger charge is -2.25. The van der Waals surface area contributed by atoms with Crippen LogP contribution in [0.1, 0.15) is 31.7 Å². The first-order valence-corrected chi connectivity index (χ1v) is 9.06. The quantitative estimate of drug-likeness (QED) is 0.511. The molecule has 4 nitrogen and oxygen atoms in total. The van der Waals surface area contributed by atoms with Crippen molar-refractivity contribution in [2.24, 2.45) is 10.4 Å². The van der Waals surface area contributed by atoms with Crippen LogP contribution in [0.2, 0.25) is 0 Å². The highest BCUT2D eigenvalue weighted by atomic mass is 19.1. The molecular weight excluding hydrogens is 305 g/mol. The predicted octanol–water partition coefficient (Wildman–Crippen LogP) is 2.84. The van der Waals surface area contributed by atoms with Gasteiger partial charge in [0, 0.05) is 38.2 Å². The van der Waals surface area contributed by atoms with Crippen molar-refractivity contribution in [2.75, 3.05) is 39.4 Å². The third-order valence-electron chi connectivity index (χ3n) is 5.03. The minimum atomic E-state index is -0.162. The molecule has 2 aliphatic rings. The number of aryl methyl sites for hydroxylation is 1. The number of rotatable bonds is 5. The number of nitrogens with zero attached hydrogens (tertiary/aromatic N) is 2. The highest BCUT2D eigenvalue weighted by molar-refractivity contribution is 5.80. The first-order valence-electron chi connectivity index (χ1n) is 9.06. The van der Waals surface area contributed by atoms with Crippen molar-refractivity contribution in [1.82, 2.24) is 10.2 Å². The van der Waals surface area contributed by atoms with Gasteiger partial charge in [-0.2, -0.15) is 0 Å². The van der Waals surface area contributed by atoms with E-state index in [9.17, 15) is 4.39 Å². The number of likely N-dealkylation sites (tertiary alicyclic amines) is 1. The van der Waals surface area contributed by atoms with E-state index < -0.39 is 0 Å². The van der Waals surface area contributed by atoms with E-state index in [0.29, 0.717) is 5.41 Å². The lowest BCUT2D eigenvalue weighted by Crippen LogP contribution is -2.41. The number of benzene rings is 1. The van der Waals surface area contributed by atoms with Crippen molar-refractivity contribution in [2.45, 2.75) is 32.6 Å². The Morgan fingerprint density at radius 2 is 2.33 bits per heavy atom. The van der Waals surface area contributed by atoms with Crippen molar-refractivity contribution in [3.8, 4) is 0 Å². The molecular formula is C19H28FN3O. The normalized spacial score (nSPS) is 24.1. The minimum Gasteiger partial charge on any atom is -0.381 e. The van der Waals surface area contributed by atoms with Crippen LogP contribution >= 0.6 is 0 Å². The van der Waals surface area contributed by atoms with Crippen LogP contribution in [0.4, 0.5) is 4.39 Å². The molecule has 0 aliphatic carbocycles. The Bertz CT molecular complexity index is 569. The molecule has 5 heteroatoms. The van der Waals surface area contributed by atoms with E-state index in [-0.39, 0.29) is 5.82 Å². The number of guanidine groups is 1. The monoisotopic (exact) mass is 333 g/mol. The molecule has 0 radical (unpaired) electrons. The van der Waals surface area contributed by atoms with E-state index in [2.05, 4.69) is 17.1 Å². The highest BCUT2D eigenvalue weighted by Crippen LogP contribution is 2.38. The van der Waals surface area contributed by atoms with E-state index in [1.807, 2.05) is 6.07 Å². The molecule has 2 aliphatic heterocycles. The molecule has 1 spiro atoms. The van der Waals surface area contributed by atoms with Gasteiger partial charge in [0.05, 0.1) is 6.61 Å². The zero-order valence-electron chi connectivity index (χ0n) is 14.6. The third-order valence-corrected chi connectivity index (χ3v) is 5.03. The van der Waals surface area contributed by atoms with E-state index in [0.717, 1.165) is 63.8 Å². The van der Waals surface area contributed by atoms with Crippen LogP contribution in [-0.4, -0.2) is 50.3 Å². The summed E-state index contributed by atoms with van der Waals surface area (Å²) in [6.45, 7) is 7.63. The summed E-state index contributed by atoms with van der Waals surface area (Å²) in [6, 6.07) is 6.84. The molecule has 2 fully saturated rings. The van der Waals surface area contributed by atoms with Gasteiger partial charge in [-0.3, -0.25) is 4.99 Å². The van der Waals surface area contributed by atoms with Crippen molar-refractivity contribution in [3.63, 3.8) is 0 Å². The summed E-state index contributed by atoms with van der Waals surface area (Å²) >= 11 is 0. The largest absolute Gasteiger partial charge is 0.381 e. The Morgan fingerprint density at radius 1 is 1.42 bits per heavy atom. The third kappa shape index (κ3) is 4.26. The Labute approximate surface area is 144 Å². The maximum absolute atomic E-state index is 13.2. The lowest BCUT2D eigenvalue weighted by atomic mass is 9.87. The molecule has 1 N–H and O–H groups in total. The number of hydrogen-bond donors (Lipinski definition) is 1. The molecule has 0 aromatic heterocycles. The number of halogens is 1. The molecule has 24 heavy (non-hydrogen) atoms. The summed E-state index contributed by atoms with van der Waals surface area (Å²) in [7, 11) is 0. The van der Waals surface area contributed by atoms with Gasteiger partial charge in [0.2, 0.25) is 0 Å². The second-order valence-electron chi connectivity index (χ2n) is 6.94. The van der Waals surface area contributed by atoms with Gasteiger partial charge in [0.25, 0.3) is 0 Å². The van der Waals surface area contributed by atoms with Crippen molar-refractivity contribution in [1.29, 1.82) is 0 Å². The zero-order valence-corrected chi connectivity index (χ0v) is 14.6. The van der Waals surface area contributed by atoms with Gasteiger partial charge in [0.15, 0.2) is 5.96 Å². The van der Waals surface area contributed by atoms with E-state index in [1.165, 1.54) is 18.9 Å². The first-order chi connectivity index (χ1) is 11.7. The van der Waals surface area contributed by atoms with Gasteiger partial charge in [0.1, 0.15) is 5.82 Å². The minimum absolute atomic E-state index is 0.162. The summed E-state index contributed by atoms with van der Waals surface area (Å²) in [5.74, 6) is 0.853. The smallest absolute Gasteiger partial charge is 0.193 e. The van der Waals surface area contributed by atoms with Crippen LogP contribution in [0.15, 0.2) is 29.3 Å². The zero-order chi connectivity index (χ0) is 16.8. The maximum atomic E-state index is 13.2. The molecule has 0 saturated carbocycles. The topological polar surface area (TPSA) is 36.9 Å². The first kappa shape index (κ1) is 17.2. The summed E-state index contributed by atoms with van der Waals surface area (Å²) in [4.78, 5) is 7.16. The predicted molar refractivity (Wildman–Crippen MR) is 94.8 cm³/mol. The van der Waals surface area contributed by atoms with Crippen LogP contribution in [0, 0.1) is 11.2 Å². The van der Waals surface area contributed by atoms with Crippen LogP contribution in [0.25, 0.3) is 0 Å². The Morgan fingerprint density at radius 3 is 3.08 bits per heavy atom. The van der Waals surface area contributed by atoms with Gasteiger partial charge in [-0.25, -0.2) is 4.39 Å². The number of nitrogens with one attached hydrogen (secondary N) is 1. The van der Waals surface area contributed by atoms with Gasteiger partial charge in [-0.15, -0.1) is 0 Å². The Kier molecular flexibility index (Phi) is 5.72. The molecule has 1 unspecified atom stereocenters. The maximum Gasteiger partial charge on any atom is 0.193 e. The van der Waals surface area contributed by atoms with Crippen LogP contribution in [0.3, 0.4) is 0 Å². The molecule has 2 saturated heterocycles. The van der Waals surface area contributed by atoms with Crippen LogP contribution in [-0.2, 0) is 11.2 Å². The molecule has 0 bridgehead atoms. The van der Waals surface area contributed by atoms with Crippen LogP contribution < -0.4 is 5.32 Å². The van der Waals surface area contributed by atoms with E-state index in [4.69, 9.17) is 9.73 Å². The van der Waals surface area contributed by atoms with Crippen molar-refractivity contribution < 1.29 is 9.13 Å². The van der Waals surface area contributed by atoms with Crippen molar-refractivity contribution >= 4 is 5.96 Å². The lowest BCUT2D eigenvalue weighted by molar-refractivity contribution is 0.156. The van der Waals surface area contributed by atoms with Gasteiger partial charge >= 0.3 is 0 Å². The SMILES string of the molecule is CCNC(=NCCCc1cccc(F)c1)N1CCC2(CCOC2)C1. The van der Waals surface area contributed by atoms with E-state index >= 15 is 0 Å². The van der Waals surface area contributed by atoms with Crippen molar-refractivity contribution in [3.05, 3.63) is 35.6 Å². The fourth-order valence-electron chi connectivity index (χ4n) is 3.67. The number of ether oxygens (including phenoxy) is 1. The molecule has 1 aromatic carbocycles. The van der Waals surface area contributed by atoms with Gasteiger partial charge < -0.3 is 15.0 Å². The molecule has 2 heterocycles. The van der Waals surface area contributed by atoms with Crippen LogP contribution in [0.5, 0.6) is 0 Å². The second-order valence-corrected chi connectivity index (χ2v) is 6.94. The molecule has 1 aromatic rings. The summed E-state index contributed by atoms with van der Waals surface area (Å²) in [6.07, 6.45) is 4.15. The second kappa shape index (κ2) is 7.97. The number of hydrogen-bond acceptors (Lipinski definition) is 2. The average Bonchev–Trinajstić information content (AvgIpc) is 3.21. The van der Waals surface area contributed by atoms with Gasteiger partial charge in [-0.05, 0) is 50.3 Å². The standard InChI is InChI=1S/C19H28FN3O/c1-2-21-18(23-11-8-19(14-23)9-12-24-15-19)22-10-4-6-16-5-3-7-17(20)13-16/h3,5,7,13H,2,4,6,8-12,14-15H2,1H3,(H,21,22). The summed E-state index contributed by atoms with van der Waals surface area (Å²) in [5.41, 5.74) is 1.39.